The molecule has 0 spiro atoms. The predicted molar refractivity (Wildman–Crippen MR) is 120 cm³/mol. The summed E-state index contributed by atoms with van der Waals surface area (Å²) in [6.45, 7) is 0.973. The van der Waals surface area contributed by atoms with Gasteiger partial charge in [0.1, 0.15) is 11.2 Å². The van der Waals surface area contributed by atoms with E-state index in [9.17, 15) is 5.11 Å². The van der Waals surface area contributed by atoms with Crippen molar-refractivity contribution in [3.63, 3.8) is 0 Å². The molecule has 3 nitrogen and oxygen atoms in total. The van der Waals surface area contributed by atoms with Crippen molar-refractivity contribution in [2.75, 3.05) is 0 Å². The maximum Gasteiger partial charge on any atom is 0.141 e. The van der Waals surface area contributed by atoms with Crippen LogP contribution in [0.15, 0.2) is 77.2 Å². The fourth-order valence-corrected chi connectivity index (χ4v) is 5.91. The van der Waals surface area contributed by atoms with Gasteiger partial charge in [-0.1, -0.05) is 73.2 Å². The van der Waals surface area contributed by atoms with E-state index >= 15 is 0 Å². The Kier molecular flexibility index (Phi) is 4.22. The van der Waals surface area contributed by atoms with Gasteiger partial charge in [0.25, 0.3) is 0 Å². The van der Waals surface area contributed by atoms with E-state index in [1.165, 1.54) is 12.0 Å². The number of hydrogen-bond acceptors (Lipinski definition) is 3. The maximum absolute atomic E-state index is 12.0. The van der Waals surface area contributed by atoms with E-state index in [0.29, 0.717) is 12.1 Å². The summed E-state index contributed by atoms with van der Waals surface area (Å²) in [7, 11) is 0. The van der Waals surface area contributed by atoms with Crippen molar-refractivity contribution in [2.45, 2.75) is 56.3 Å². The van der Waals surface area contributed by atoms with Crippen LogP contribution in [0.5, 0.6) is 0 Å². The summed E-state index contributed by atoms with van der Waals surface area (Å²) in [5, 5.41) is 14.2. The van der Waals surface area contributed by atoms with Crippen molar-refractivity contribution in [2.24, 2.45) is 0 Å². The van der Waals surface area contributed by atoms with Crippen LogP contribution in [0.3, 0.4) is 0 Å². The minimum absolute atomic E-state index is 0.405. The Morgan fingerprint density at radius 3 is 2.33 bits per heavy atom. The molecule has 152 valence electrons. The van der Waals surface area contributed by atoms with Gasteiger partial charge in [-0.2, -0.15) is 0 Å². The highest BCUT2D eigenvalue weighted by atomic mass is 16.3. The normalized spacial score (nSPS) is 27.0. The summed E-state index contributed by atoms with van der Waals surface area (Å²) in [5.41, 5.74) is 3.24. The molecule has 2 saturated heterocycles. The first-order chi connectivity index (χ1) is 14.7. The molecular formula is C27H27NO2. The zero-order valence-electron chi connectivity index (χ0n) is 17.1. The highest BCUT2D eigenvalue weighted by Gasteiger charge is 2.47. The molecule has 4 aromatic rings. The van der Waals surface area contributed by atoms with E-state index in [-0.39, 0.29) is 0 Å². The summed E-state index contributed by atoms with van der Waals surface area (Å²) in [6, 6.07) is 26.0. The fraction of sp³-hybridized carbons (Fsp3) is 0.333. The number of para-hydroxylation sites is 2. The molecule has 3 heterocycles. The van der Waals surface area contributed by atoms with Crippen LogP contribution in [-0.4, -0.2) is 22.1 Å². The minimum Gasteiger partial charge on any atom is -0.456 e. The van der Waals surface area contributed by atoms with Gasteiger partial charge < -0.3 is 9.52 Å². The molecule has 1 N–H and O–H groups in total. The third-order valence-electron chi connectivity index (χ3n) is 7.27. The van der Waals surface area contributed by atoms with Crippen LogP contribution < -0.4 is 0 Å². The van der Waals surface area contributed by atoms with Crippen molar-refractivity contribution < 1.29 is 9.52 Å². The lowest BCUT2D eigenvalue weighted by molar-refractivity contribution is -0.0994. The molecule has 0 amide bonds. The molecule has 30 heavy (non-hydrogen) atoms. The Morgan fingerprint density at radius 1 is 0.833 bits per heavy atom. The number of rotatable bonds is 3. The first-order valence-electron chi connectivity index (χ1n) is 11.1. The first-order valence-corrected chi connectivity index (χ1v) is 11.1. The monoisotopic (exact) mass is 397 g/mol. The van der Waals surface area contributed by atoms with E-state index in [2.05, 4.69) is 59.5 Å². The number of hydrogen-bond donors (Lipinski definition) is 1. The zero-order chi connectivity index (χ0) is 20.1. The van der Waals surface area contributed by atoms with Crippen LogP contribution in [0.4, 0.5) is 0 Å². The molecule has 2 atom stereocenters. The molecule has 0 radical (unpaired) electrons. The molecule has 2 aliphatic heterocycles. The van der Waals surface area contributed by atoms with Gasteiger partial charge in [-0.05, 0) is 37.3 Å². The van der Waals surface area contributed by atoms with E-state index < -0.39 is 5.60 Å². The second-order valence-electron chi connectivity index (χ2n) is 9.12. The largest absolute Gasteiger partial charge is 0.456 e. The van der Waals surface area contributed by atoms with E-state index in [1.54, 1.807) is 0 Å². The molecular weight excluding hydrogens is 370 g/mol. The number of fused-ring (bicyclic) bond motifs is 5. The van der Waals surface area contributed by atoms with E-state index in [0.717, 1.165) is 59.7 Å². The summed E-state index contributed by atoms with van der Waals surface area (Å²) >= 11 is 0. The quantitative estimate of drug-likeness (QED) is 0.461. The van der Waals surface area contributed by atoms with Crippen LogP contribution in [0.25, 0.3) is 21.9 Å². The van der Waals surface area contributed by atoms with Gasteiger partial charge in [-0.25, -0.2) is 0 Å². The number of nitrogens with zero attached hydrogens (tertiary/aromatic N) is 1. The summed E-state index contributed by atoms with van der Waals surface area (Å²) in [6.07, 6.45) is 5.11. The molecule has 2 fully saturated rings. The number of piperidine rings is 2. The Balaban J connectivity index is 1.38. The summed E-state index contributed by atoms with van der Waals surface area (Å²) in [5.74, 6) is 0. The van der Waals surface area contributed by atoms with Crippen LogP contribution in [-0.2, 0) is 12.1 Å². The van der Waals surface area contributed by atoms with Crippen LogP contribution in [0.1, 0.15) is 43.2 Å². The molecule has 6 rings (SSSR count). The third-order valence-corrected chi connectivity index (χ3v) is 7.27. The van der Waals surface area contributed by atoms with Crippen LogP contribution in [0, 0.1) is 0 Å². The molecule has 0 saturated carbocycles. The van der Waals surface area contributed by atoms with Crippen molar-refractivity contribution in [1.29, 1.82) is 0 Å². The molecule has 2 aliphatic rings. The molecule has 2 bridgehead atoms. The fourth-order valence-electron chi connectivity index (χ4n) is 5.91. The van der Waals surface area contributed by atoms with Crippen LogP contribution >= 0.6 is 0 Å². The second-order valence-corrected chi connectivity index (χ2v) is 9.12. The highest BCUT2D eigenvalue weighted by molar-refractivity contribution is 6.06. The Morgan fingerprint density at radius 2 is 1.53 bits per heavy atom. The average Bonchev–Trinajstić information content (AvgIpc) is 3.14. The van der Waals surface area contributed by atoms with Crippen molar-refractivity contribution in [1.82, 2.24) is 4.90 Å². The number of aliphatic hydroxyl groups is 1. The van der Waals surface area contributed by atoms with Crippen LogP contribution in [0.2, 0.25) is 0 Å². The maximum atomic E-state index is 12.0. The lowest BCUT2D eigenvalue weighted by Crippen LogP contribution is -2.56. The smallest absolute Gasteiger partial charge is 0.141 e. The lowest BCUT2D eigenvalue weighted by atomic mass is 9.72. The first kappa shape index (κ1) is 18.2. The summed E-state index contributed by atoms with van der Waals surface area (Å²) < 4.78 is 6.27. The van der Waals surface area contributed by atoms with Crippen molar-refractivity contribution >= 4 is 21.9 Å². The topological polar surface area (TPSA) is 36.6 Å². The van der Waals surface area contributed by atoms with Gasteiger partial charge >= 0.3 is 0 Å². The predicted octanol–water partition coefficient (Wildman–Crippen LogP) is 5.99. The molecule has 2 unspecified atom stereocenters. The van der Waals surface area contributed by atoms with Gasteiger partial charge in [0.2, 0.25) is 0 Å². The molecule has 0 aliphatic carbocycles. The lowest BCUT2D eigenvalue weighted by Gasteiger charge is -2.52. The molecule has 1 aromatic heterocycles. The van der Waals surface area contributed by atoms with E-state index in [4.69, 9.17) is 4.42 Å². The van der Waals surface area contributed by atoms with E-state index in [1.807, 2.05) is 18.2 Å². The standard InChI is InChI=1S/C27H27NO2/c29-27(24-14-7-13-23-22-12-4-5-15-25(22)30-26(23)24)16-20-10-6-11-21(17-27)28(20)18-19-8-2-1-3-9-19/h1-5,7-9,12-15,20-21,29H,6,10-11,16-18H2. The SMILES string of the molecule is OC1(c2cccc3c2oc2ccccc23)CC2CCCC(C1)N2Cc1ccccc1. The van der Waals surface area contributed by atoms with Gasteiger partial charge in [0.15, 0.2) is 0 Å². The third kappa shape index (κ3) is 2.88. The Labute approximate surface area is 176 Å². The molecule has 3 heteroatoms. The zero-order valence-corrected chi connectivity index (χ0v) is 17.1. The van der Waals surface area contributed by atoms with Crippen molar-refractivity contribution in [3.8, 4) is 0 Å². The van der Waals surface area contributed by atoms with Gasteiger partial charge in [-0.15, -0.1) is 0 Å². The van der Waals surface area contributed by atoms with Gasteiger partial charge in [-0.3, -0.25) is 4.90 Å². The Bertz CT molecular complexity index is 1180. The average molecular weight is 398 g/mol. The number of furan rings is 1. The number of benzene rings is 3. The second kappa shape index (κ2) is 6.97. The van der Waals surface area contributed by atoms with Gasteiger partial charge in [0.05, 0.1) is 5.60 Å². The Hall–Kier alpha value is -2.62. The highest BCUT2D eigenvalue weighted by Crippen LogP contribution is 2.47. The minimum atomic E-state index is -0.837. The molecule has 3 aromatic carbocycles. The van der Waals surface area contributed by atoms with Gasteiger partial charge in [0, 0.05) is 35.0 Å². The summed E-state index contributed by atoms with van der Waals surface area (Å²) in [4.78, 5) is 2.64. The van der Waals surface area contributed by atoms with Crippen molar-refractivity contribution in [3.05, 3.63) is 83.9 Å².